The molecule has 0 bridgehead atoms. The van der Waals surface area contributed by atoms with E-state index in [0.717, 1.165) is 18.5 Å². The van der Waals surface area contributed by atoms with Crippen molar-refractivity contribution in [1.82, 2.24) is 25.1 Å². The fourth-order valence-electron chi connectivity index (χ4n) is 4.68. The highest BCUT2D eigenvalue weighted by Gasteiger charge is 2.45. The number of alkyl halides is 3. The van der Waals surface area contributed by atoms with Crippen molar-refractivity contribution in [1.29, 1.82) is 0 Å². The normalized spacial score (nSPS) is 19.6. The molecule has 9 nitrogen and oxygen atoms in total. The standard InChI is InChI=1S/C24H24F3N5O4/c25-24(26,27)20-19-18(4-3-14-10-32(31-21(14)19)11-16-12-34-5-6-35-16)36-22(20)23(33)30-8-15-7-29-17(9-28-15)13-1-2-13/h7,9-10,13,16H,1-6,8,11-12H2,(H,30,33)/t16-/m0/s1. The maximum absolute atomic E-state index is 14.3. The summed E-state index contributed by atoms with van der Waals surface area (Å²) in [4.78, 5) is 21.4. The Morgan fingerprint density at radius 2 is 2.03 bits per heavy atom. The summed E-state index contributed by atoms with van der Waals surface area (Å²) in [6.07, 6.45) is 2.73. The molecule has 190 valence electrons. The first-order valence-corrected chi connectivity index (χ1v) is 11.9. The molecule has 1 atom stereocenters. The smallest absolute Gasteiger partial charge is 0.420 e. The SMILES string of the molecule is O=C(NCc1cnc(C2CC2)cn1)c1oc2c(c1C(F)(F)F)-c1nn(C[C@H]3COCCO3)cc1CC2. The molecule has 3 aromatic heterocycles. The molecule has 0 spiro atoms. The van der Waals surface area contributed by atoms with Crippen LogP contribution in [0.2, 0.25) is 0 Å². The Morgan fingerprint density at radius 1 is 1.17 bits per heavy atom. The maximum atomic E-state index is 14.3. The van der Waals surface area contributed by atoms with Gasteiger partial charge in [0.2, 0.25) is 5.76 Å². The second-order valence-electron chi connectivity index (χ2n) is 9.28. The van der Waals surface area contributed by atoms with Crippen molar-refractivity contribution in [3.8, 4) is 11.3 Å². The highest BCUT2D eigenvalue weighted by atomic mass is 19.4. The fraction of sp³-hybridized carbons (Fsp3) is 0.500. The molecule has 0 unspecified atom stereocenters. The second kappa shape index (κ2) is 9.00. The third-order valence-corrected chi connectivity index (χ3v) is 6.59. The van der Waals surface area contributed by atoms with Gasteiger partial charge in [0.15, 0.2) is 0 Å². The summed E-state index contributed by atoms with van der Waals surface area (Å²) in [6.45, 7) is 1.67. The van der Waals surface area contributed by atoms with Crippen LogP contribution in [0.5, 0.6) is 0 Å². The third kappa shape index (κ3) is 4.50. The van der Waals surface area contributed by atoms with E-state index in [9.17, 15) is 18.0 Å². The van der Waals surface area contributed by atoms with Crippen LogP contribution in [-0.2, 0) is 41.6 Å². The predicted octanol–water partition coefficient (Wildman–Crippen LogP) is 3.27. The highest BCUT2D eigenvalue weighted by Crippen LogP contribution is 2.46. The summed E-state index contributed by atoms with van der Waals surface area (Å²) < 4.78 is 60.9. The van der Waals surface area contributed by atoms with Gasteiger partial charge in [-0.05, 0) is 24.8 Å². The molecule has 2 fully saturated rings. The van der Waals surface area contributed by atoms with Crippen molar-refractivity contribution < 1.29 is 31.9 Å². The summed E-state index contributed by atoms with van der Waals surface area (Å²) in [5.74, 6) is -1.18. The van der Waals surface area contributed by atoms with Crippen LogP contribution < -0.4 is 5.32 Å². The van der Waals surface area contributed by atoms with Gasteiger partial charge in [-0.3, -0.25) is 19.4 Å². The topological polar surface area (TPSA) is 104 Å². The molecule has 0 radical (unpaired) electrons. The van der Waals surface area contributed by atoms with Gasteiger partial charge in [0.25, 0.3) is 5.91 Å². The Bertz CT molecular complexity index is 1270. The molecule has 12 heteroatoms. The summed E-state index contributed by atoms with van der Waals surface area (Å²) >= 11 is 0. The molecule has 1 aliphatic heterocycles. The number of fused-ring (bicyclic) bond motifs is 3. The zero-order valence-electron chi connectivity index (χ0n) is 19.3. The maximum Gasteiger partial charge on any atom is 0.420 e. The number of halogens is 3. The molecule has 3 aliphatic rings. The number of carbonyl (C=O) groups excluding carboxylic acids is 1. The lowest BCUT2D eigenvalue weighted by Gasteiger charge is -2.22. The number of ether oxygens (including phenoxy) is 2. The van der Waals surface area contributed by atoms with Gasteiger partial charge in [-0.15, -0.1) is 0 Å². The number of furan rings is 1. The summed E-state index contributed by atoms with van der Waals surface area (Å²) in [5.41, 5.74) is 0.928. The van der Waals surface area contributed by atoms with E-state index in [-0.39, 0.29) is 36.1 Å². The van der Waals surface area contributed by atoms with Crippen LogP contribution in [0.1, 0.15) is 57.6 Å². The van der Waals surface area contributed by atoms with Crippen molar-refractivity contribution in [2.45, 2.75) is 57.0 Å². The average molecular weight is 503 g/mol. The number of hydrogen-bond donors (Lipinski definition) is 1. The zero-order valence-corrected chi connectivity index (χ0v) is 19.3. The predicted molar refractivity (Wildman–Crippen MR) is 118 cm³/mol. The molecule has 1 N–H and O–H groups in total. The van der Waals surface area contributed by atoms with Gasteiger partial charge in [0, 0.05) is 24.7 Å². The van der Waals surface area contributed by atoms with Gasteiger partial charge in [0.05, 0.1) is 61.8 Å². The molecule has 2 aliphatic carbocycles. The molecule has 0 aromatic carbocycles. The second-order valence-corrected chi connectivity index (χ2v) is 9.28. The quantitative estimate of drug-likeness (QED) is 0.551. The van der Waals surface area contributed by atoms with Crippen LogP contribution in [0.3, 0.4) is 0 Å². The van der Waals surface area contributed by atoms with E-state index >= 15 is 0 Å². The van der Waals surface area contributed by atoms with E-state index < -0.39 is 23.4 Å². The summed E-state index contributed by atoms with van der Waals surface area (Å²) in [7, 11) is 0. The molecular weight excluding hydrogens is 479 g/mol. The fourth-order valence-corrected chi connectivity index (χ4v) is 4.68. The van der Waals surface area contributed by atoms with Gasteiger partial charge in [0.1, 0.15) is 17.4 Å². The van der Waals surface area contributed by atoms with E-state index in [1.165, 1.54) is 6.20 Å². The Kier molecular flexibility index (Phi) is 5.79. The van der Waals surface area contributed by atoms with Crippen molar-refractivity contribution in [3.05, 3.63) is 52.6 Å². The monoisotopic (exact) mass is 503 g/mol. The molecule has 1 saturated carbocycles. The van der Waals surface area contributed by atoms with Gasteiger partial charge >= 0.3 is 6.18 Å². The van der Waals surface area contributed by atoms with E-state index in [0.29, 0.717) is 50.0 Å². The van der Waals surface area contributed by atoms with Gasteiger partial charge in [-0.2, -0.15) is 18.3 Å². The van der Waals surface area contributed by atoms with Gasteiger partial charge in [-0.1, -0.05) is 0 Å². The first-order chi connectivity index (χ1) is 17.4. The van der Waals surface area contributed by atoms with Crippen LogP contribution in [0, 0.1) is 0 Å². The number of aromatic nitrogens is 4. The minimum Gasteiger partial charge on any atom is -0.455 e. The number of nitrogens with one attached hydrogen (secondary N) is 1. The molecule has 1 amide bonds. The molecule has 1 saturated heterocycles. The Morgan fingerprint density at radius 3 is 2.72 bits per heavy atom. The first kappa shape index (κ1) is 23.2. The number of amides is 1. The van der Waals surface area contributed by atoms with Crippen molar-refractivity contribution in [3.63, 3.8) is 0 Å². The number of rotatable bonds is 6. The van der Waals surface area contributed by atoms with E-state index in [4.69, 9.17) is 13.9 Å². The molecule has 4 heterocycles. The summed E-state index contributed by atoms with van der Waals surface area (Å²) in [5, 5.41) is 6.92. The van der Waals surface area contributed by atoms with E-state index in [1.807, 2.05) is 0 Å². The lowest BCUT2D eigenvalue weighted by atomic mass is 9.93. The molecule has 6 rings (SSSR count). The average Bonchev–Trinajstić information content (AvgIpc) is 3.50. The van der Waals surface area contributed by atoms with Crippen molar-refractivity contribution >= 4 is 5.91 Å². The van der Waals surface area contributed by atoms with Crippen LogP contribution in [0.4, 0.5) is 13.2 Å². The summed E-state index contributed by atoms with van der Waals surface area (Å²) in [6, 6.07) is 0. The van der Waals surface area contributed by atoms with E-state index in [2.05, 4.69) is 20.4 Å². The molecular formula is C24H24F3N5O4. The van der Waals surface area contributed by atoms with Crippen LogP contribution in [0.15, 0.2) is 23.0 Å². The number of aryl methyl sites for hydroxylation is 2. The Labute approximate surface area is 204 Å². The van der Waals surface area contributed by atoms with E-state index in [1.54, 1.807) is 17.1 Å². The van der Waals surface area contributed by atoms with Gasteiger partial charge in [-0.25, -0.2) is 0 Å². The third-order valence-electron chi connectivity index (χ3n) is 6.59. The van der Waals surface area contributed by atoms with Crippen LogP contribution in [-0.4, -0.2) is 51.6 Å². The number of nitrogens with zero attached hydrogens (tertiary/aromatic N) is 4. The molecule has 3 aromatic rings. The Balaban J connectivity index is 1.26. The van der Waals surface area contributed by atoms with Crippen molar-refractivity contribution in [2.75, 3.05) is 19.8 Å². The molecule has 36 heavy (non-hydrogen) atoms. The van der Waals surface area contributed by atoms with Crippen molar-refractivity contribution in [2.24, 2.45) is 0 Å². The largest absolute Gasteiger partial charge is 0.455 e. The minimum atomic E-state index is -4.81. The minimum absolute atomic E-state index is 0.0667. The lowest BCUT2D eigenvalue weighted by molar-refractivity contribution is -0.137. The van der Waals surface area contributed by atoms with Crippen LogP contribution in [0.25, 0.3) is 11.3 Å². The lowest BCUT2D eigenvalue weighted by Crippen LogP contribution is -2.32. The van der Waals surface area contributed by atoms with Crippen LogP contribution >= 0.6 is 0 Å². The number of hydrogen-bond acceptors (Lipinski definition) is 7. The number of carbonyl (C=O) groups is 1. The zero-order chi connectivity index (χ0) is 24.9. The Hall–Kier alpha value is -3.25. The first-order valence-electron chi connectivity index (χ1n) is 11.9. The van der Waals surface area contributed by atoms with Gasteiger partial charge < -0.3 is 19.2 Å². The highest BCUT2D eigenvalue weighted by molar-refractivity contribution is 5.96.